The van der Waals surface area contributed by atoms with Gasteiger partial charge in [-0.2, -0.15) is 0 Å². The first kappa shape index (κ1) is 10.2. The molecule has 1 aromatic heterocycles. The molecule has 70 valence electrons. The summed E-state index contributed by atoms with van der Waals surface area (Å²) in [4.78, 5) is 10.6. The molecular weight excluding hydrogens is 213 g/mol. The Morgan fingerprint density at radius 1 is 1.69 bits per heavy atom. The Morgan fingerprint density at radius 2 is 2.38 bits per heavy atom. The van der Waals surface area contributed by atoms with Crippen molar-refractivity contribution in [2.24, 2.45) is 0 Å². The minimum atomic E-state index is -0.982. The Morgan fingerprint density at radius 3 is 2.92 bits per heavy atom. The predicted molar refractivity (Wildman–Crippen MR) is 51.2 cm³/mol. The first-order valence-corrected chi connectivity index (χ1v) is 4.29. The van der Waals surface area contributed by atoms with Gasteiger partial charge < -0.3 is 9.67 Å². The van der Waals surface area contributed by atoms with Crippen LogP contribution in [0.2, 0.25) is 0 Å². The van der Waals surface area contributed by atoms with E-state index >= 15 is 0 Å². The first-order chi connectivity index (χ1) is 6.15. The molecule has 0 saturated heterocycles. The van der Waals surface area contributed by atoms with Crippen LogP contribution in [0.4, 0.5) is 0 Å². The van der Waals surface area contributed by atoms with E-state index < -0.39 is 5.97 Å². The van der Waals surface area contributed by atoms with E-state index in [2.05, 4.69) is 0 Å². The monoisotopic (exact) mass is 219 g/mol. The maximum absolute atomic E-state index is 10.6. The molecule has 0 aromatic carbocycles. The molecule has 1 heterocycles. The van der Waals surface area contributed by atoms with Crippen LogP contribution < -0.4 is 0 Å². The first-order valence-electron chi connectivity index (χ1n) is 3.48. The number of carboxylic acid groups (broad SMARTS) is 1. The van der Waals surface area contributed by atoms with Crippen LogP contribution in [0.5, 0.6) is 0 Å². The fraction of sp³-hybridized carbons (Fsp3) is 0.125. The molecule has 0 bridgehead atoms. The van der Waals surface area contributed by atoms with Crippen molar-refractivity contribution < 1.29 is 9.90 Å². The van der Waals surface area contributed by atoms with Crippen molar-refractivity contribution >= 4 is 29.2 Å². The minimum absolute atomic E-state index is 0.191. The van der Waals surface area contributed by atoms with E-state index in [9.17, 15) is 4.79 Å². The second-order valence-electron chi connectivity index (χ2n) is 2.38. The van der Waals surface area contributed by atoms with Gasteiger partial charge in [0.15, 0.2) is 0 Å². The van der Waals surface area contributed by atoms with Crippen molar-refractivity contribution in [3.05, 3.63) is 34.6 Å². The van der Waals surface area contributed by atoms with Gasteiger partial charge in [0.05, 0.1) is 6.54 Å². The Balaban J connectivity index is 2.89. The second kappa shape index (κ2) is 4.35. The molecule has 0 radical (unpaired) electrons. The number of carboxylic acids is 1. The van der Waals surface area contributed by atoms with Crippen molar-refractivity contribution in [3.8, 4) is 0 Å². The van der Waals surface area contributed by atoms with Gasteiger partial charge in [0.25, 0.3) is 0 Å². The predicted octanol–water partition coefficient (Wildman–Crippen LogP) is 2.51. The van der Waals surface area contributed by atoms with Crippen molar-refractivity contribution in [2.45, 2.75) is 6.54 Å². The summed E-state index contributed by atoms with van der Waals surface area (Å²) < 4.78 is 1.50. The quantitative estimate of drug-likeness (QED) is 0.850. The average molecular weight is 220 g/mol. The van der Waals surface area contributed by atoms with Crippen LogP contribution in [-0.2, 0) is 6.54 Å². The molecule has 0 aliphatic heterocycles. The van der Waals surface area contributed by atoms with E-state index in [0.29, 0.717) is 5.03 Å². The van der Waals surface area contributed by atoms with Gasteiger partial charge in [0.2, 0.25) is 0 Å². The molecule has 1 aromatic rings. The van der Waals surface area contributed by atoms with Crippen LogP contribution in [0.25, 0.3) is 0 Å². The molecule has 5 heteroatoms. The van der Waals surface area contributed by atoms with Crippen molar-refractivity contribution in [3.63, 3.8) is 0 Å². The Bertz CT molecular complexity index is 344. The van der Waals surface area contributed by atoms with E-state index in [1.165, 1.54) is 16.2 Å². The highest BCUT2D eigenvalue weighted by Crippen LogP contribution is 2.10. The van der Waals surface area contributed by atoms with Gasteiger partial charge in [-0.15, -0.1) is 0 Å². The number of halogens is 2. The molecule has 0 fully saturated rings. The lowest BCUT2D eigenvalue weighted by molar-refractivity contribution is 0.0686. The Labute approximate surface area is 85.2 Å². The molecule has 0 unspecified atom stereocenters. The Hall–Kier alpha value is -0.930. The van der Waals surface area contributed by atoms with Gasteiger partial charge in [-0.3, -0.25) is 0 Å². The second-order valence-corrected chi connectivity index (χ2v) is 3.09. The summed E-state index contributed by atoms with van der Waals surface area (Å²) in [6.07, 6.45) is 1.63. The Kier molecular flexibility index (Phi) is 3.39. The lowest BCUT2D eigenvalue weighted by Crippen LogP contribution is -2.07. The van der Waals surface area contributed by atoms with E-state index in [-0.39, 0.29) is 12.2 Å². The minimum Gasteiger partial charge on any atom is -0.477 e. The number of nitrogens with zero attached hydrogens (tertiary/aromatic N) is 1. The van der Waals surface area contributed by atoms with Gasteiger partial charge in [-0.25, -0.2) is 4.79 Å². The summed E-state index contributed by atoms with van der Waals surface area (Å²) in [7, 11) is 0. The summed E-state index contributed by atoms with van der Waals surface area (Å²) in [5, 5.41) is 9.11. The standard InChI is InChI=1S/C8H7Cl2NO2/c9-4-6(10)5-11-3-1-2-7(11)8(12)13/h1-4H,5H2,(H,12,13). The molecule has 3 nitrogen and oxygen atoms in total. The van der Waals surface area contributed by atoms with Gasteiger partial charge in [-0.1, -0.05) is 23.2 Å². The van der Waals surface area contributed by atoms with Crippen LogP contribution in [0, 0.1) is 0 Å². The van der Waals surface area contributed by atoms with Crippen LogP contribution in [0.15, 0.2) is 28.9 Å². The summed E-state index contributed by atoms with van der Waals surface area (Å²) in [5.41, 5.74) is 1.41. The molecule has 13 heavy (non-hydrogen) atoms. The number of carbonyl (C=O) groups is 1. The lowest BCUT2D eigenvalue weighted by atomic mass is 10.4. The van der Waals surface area contributed by atoms with Gasteiger partial charge in [-0.05, 0) is 12.1 Å². The molecule has 0 aliphatic carbocycles. The summed E-state index contributed by atoms with van der Waals surface area (Å²) in [5.74, 6) is -0.982. The van der Waals surface area contributed by atoms with E-state index in [0.717, 1.165) is 0 Å². The lowest BCUT2D eigenvalue weighted by Gasteiger charge is -2.03. The summed E-state index contributed by atoms with van der Waals surface area (Å²) in [6.45, 7) is 0.277. The number of allylic oxidation sites excluding steroid dienone is 1. The van der Waals surface area contributed by atoms with Crippen molar-refractivity contribution in [1.82, 2.24) is 4.57 Å². The fourth-order valence-electron chi connectivity index (χ4n) is 0.943. The van der Waals surface area contributed by atoms with Crippen LogP contribution in [0.3, 0.4) is 0 Å². The van der Waals surface area contributed by atoms with Gasteiger partial charge >= 0.3 is 5.97 Å². The molecule has 0 atom stereocenters. The van der Waals surface area contributed by atoms with Crippen LogP contribution in [-0.4, -0.2) is 15.6 Å². The third-order valence-corrected chi connectivity index (χ3v) is 2.09. The van der Waals surface area contributed by atoms with E-state index in [4.69, 9.17) is 28.3 Å². The number of hydrogen-bond donors (Lipinski definition) is 1. The highest BCUT2D eigenvalue weighted by atomic mass is 35.5. The van der Waals surface area contributed by atoms with E-state index in [1.807, 2.05) is 0 Å². The number of rotatable bonds is 3. The van der Waals surface area contributed by atoms with Crippen molar-refractivity contribution in [2.75, 3.05) is 0 Å². The van der Waals surface area contributed by atoms with Crippen molar-refractivity contribution in [1.29, 1.82) is 0 Å². The zero-order valence-electron chi connectivity index (χ0n) is 6.58. The normalized spacial score (nSPS) is 11.7. The third-order valence-electron chi connectivity index (χ3n) is 1.49. The van der Waals surface area contributed by atoms with Gasteiger partial charge in [0, 0.05) is 16.8 Å². The molecular formula is C8H7Cl2NO2. The number of aromatic nitrogens is 1. The molecule has 0 amide bonds. The largest absolute Gasteiger partial charge is 0.477 e. The third kappa shape index (κ3) is 2.50. The molecule has 0 saturated carbocycles. The molecule has 1 rings (SSSR count). The summed E-state index contributed by atoms with van der Waals surface area (Å²) >= 11 is 11.0. The molecule has 1 N–H and O–H groups in total. The average Bonchev–Trinajstić information content (AvgIpc) is 2.52. The fourth-order valence-corrected chi connectivity index (χ4v) is 1.14. The maximum atomic E-state index is 10.6. The van der Waals surface area contributed by atoms with Crippen LogP contribution in [0.1, 0.15) is 10.5 Å². The number of hydrogen-bond acceptors (Lipinski definition) is 1. The molecule has 0 aliphatic rings. The van der Waals surface area contributed by atoms with Crippen LogP contribution >= 0.6 is 23.2 Å². The van der Waals surface area contributed by atoms with E-state index in [1.54, 1.807) is 12.3 Å². The highest BCUT2D eigenvalue weighted by molar-refractivity contribution is 6.36. The highest BCUT2D eigenvalue weighted by Gasteiger charge is 2.08. The smallest absolute Gasteiger partial charge is 0.352 e. The zero-order chi connectivity index (χ0) is 9.84. The summed E-state index contributed by atoms with van der Waals surface area (Å²) in [6, 6.07) is 3.14. The topological polar surface area (TPSA) is 42.2 Å². The molecule has 0 spiro atoms. The SMILES string of the molecule is O=C(O)c1cccn1CC(Cl)=CCl. The zero-order valence-corrected chi connectivity index (χ0v) is 8.09. The van der Waals surface area contributed by atoms with Gasteiger partial charge in [0.1, 0.15) is 5.69 Å². The maximum Gasteiger partial charge on any atom is 0.352 e. The number of aromatic carboxylic acids is 1.